The Morgan fingerprint density at radius 2 is 1.85 bits per heavy atom. The van der Waals surface area contributed by atoms with Crippen LogP contribution in [0.25, 0.3) is 22.2 Å². The number of H-pyrrole nitrogens is 1. The smallest absolute Gasteiger partial charge is 0.0733 e. The second-order valence-corrected chi connectivity index (χ2v) is 8.18. The van der Waals surface area contributed by atoms with Gasteiger partial charge in [-0.3, -0.25) is 4.98 Å². The third-order valence-corrected chi connectivity index (χ3v) is 5.69. The summed E-state index contributed by atoms with van der Waals surface area (Å²) in [6.45, 7) is 10.2. The third kappa shape index (κ3) is 3.40. The summed E-state index contributed by atoms with van der Waals surface area (Å²) < 4.78 is 0. The van der Waals surface area contributed by atoms with Gasteiger partial charge >= 0.3 is 0 Å². The standard InChI is InChI=1S/C23H29N3O/c1-13(2)22-19-11-16(18-7-8-24-12-21(18)27)5-6-20(19)26-23(22)17-9-14(3)25-15(4)10-17/h5-6,9-11,13,18,21,24,26-27H,7-8,12H2,1-4H3/t18-,21+/m0/s1. The maximum atomic E-state index is 10.4. The Morgan fingerprint density at radius 3 is 2.52 bits per heavy atom. The fourth-order valence-corrected chi connectivity index (χ4v) is 4.50. The molecule has 1 aromatic carbocycles. The highest BCUT2D eigenvalue weighted by Crippen LogP contribution is 2.38. The van der Waals surface area contributed by atoms with Crippen LogP contribution in [0.15, 0.2) is 30.3 Å². The molecule has 3 aromatic rings. The molecule has 2 atom stereocenters. The molecule has 3 heterocycles. The molecule has 0 bridgehead atoms. The lowest BCUT2D eigenvalue weighted by atomic mass is 9.86. The van der Waals surface area contributed by atoms with Crippen molar-refractivity contribution in [1.29, 1.82) is 0 Å². The van der Waals surface area contributed by atoms with Crippen LogP contribution < -0.4 is 5.32 Å². The van der Waals surface area contributed by atoms with E-state index >= 15 is 0 Å². The van der Waals surface area contributed by atoms with E-state index in [1.54, 1.807) is 0 Å². The van der Waals surface area contributed by atoms with E-state index in [0.717, 1.165) is 29.9 Å². The molecule has 2 aromatic heterocycles. The Hall–Kier alpha value is -2.17. The number of nitrogens with one attached hydrogen (secondary N) is 2. The molecule has 4 heteroatoms. The van der Waals surface area contributed by atoms with E-state index < -0.39 is 0 Å². The van der Waals surface area contributed by atoms with Crippen LogP contribution in [0.3, 0.4) is 0 Å². The molecule has 1 saturated heterocycles. The predicted octanol–water partition coefficient (Wildman–Crippen LogP) is 4.41. The van der Waals surface area contributed by atoms with Crippen molar-refractivity contribution in [2.24, 2.45) is 0 Å². The van der Waals surface area contributed by atoms with Crippen LogP contribution >= 0.6 is 0 Å². The minimum atomic E-state index is -0.317. The lowest BCUT2D eigenvalue weighted by Crippen LogP contribution is -2.39. The summed E-state index contributed by atoms with van der Waals surface area (Å²) in [6, 6.07) is 11.0. The maximum absolute atomic E-state index is 10.4. The van der Waals surface area contributed by atoms with Crippen LogP contribution in [0.2, 0.25) is 0 Å². The van der Waals surface area contributed by atoms with Gasteiger partial charge < -0.3 is 15.4 Å². The minimum Gasteiger partial charge on any atom is -0.391 e. The van der Waals surface area contributed by atoms with Gasteiger partial charge in [0.05, 0.1) is 11.8 Å². The number of piperidine rings is 1. The highest BCUT2D eigenvalue weighted by Gasteiger charge is 2.25. The molecule has 0 saturated carbocycles. The Morgan fingerprint density at radius 1 is 1.11 bits per heavy atom. The highest BCUT2D eigenvalue weighted by molar-refractivity contribution is 5.92. The van der Waals surface area contributed by atoms with E-state index in [2.05, 4.69) is 59.5 Å². The van der Waals surface area contributed by atoms with E-state index in [-0.39, 0.29) is 12.0 Å². The molecule has 0 aliphatic carbocycles. The Kier molecular flexibility index (Phi) is 4.79. The topological polar surface area (TPSA) is 60.9 Å². The Balaban J connectivity index is 1.87. The van der Waals surface area contributed by atoms with E-state index in [0.29, 0.717) is 12.5 Å². The lowest BCUT2D eigenvalue weighted by molar-refractivity contribution is 0.118. The molecule has 0 unspecified atom stereocenters. The van der Waals surface area contributed by atoms with E-state index in [4.69, 9.17) is 0 Å². The number of aromatic nitrogens is 2. The van der Waals surface area contributed by atoms with Gasteiger partial charge in [-0.05, 0) is 68.1 Å². The van der Waals surface area contributed by atoms with Crippen molar-refractivity contribution in [3.8, 4) is 11.3 Å². The van der Waals surface area contributed by atoms with E-state index in [1.165, 1.54) is 27.8 Å². The van der Waals surface area contributed by atoms with Crippen molar-refractivity contribution in [3.63, 3.8) is 0 Å². The maximum Gasteiger partial charge on any atom is 0.0733 e. The van der Waals surface area contributed by atoms with Crippen molar-refractivity contribution in [2.75, 3.05) is 13.1 Å². The molecule has 3 N–H and O–H groups in total. The largest absolute Gasteiger partial charge is 0.391 e. The molecule has 4 nitrogen and oxygen atoms in total. The van der Waals surface area contributed by atoms with Gasteiger partial charge in [-0.2, -0.15) is 0 Å². The number of pyridine rings is 1. The van der Waals surface area contributed by atoms with Crippen molar-refractivity contribution in [3.05, 3.63) is 52.8 Å². The number of hydrogen-bond donors (Lipinski definition) is 3. The fourth-order valence-electron chi connectivity index (χ4n) is 4.50. The number of fused-ring (bicyclic) bond motifs is 1. The molecule has 4 rings (SSSR count). The molecule has 1 aliphatic rings. The van der Waals surface area contributed by atoms with Crippen molar-refractivity contribution < 1.29 is 5.11 Å². The van der Waals surface area contributed by atoms with Gasteiger partial charge in [0.15, 0.2) is 0 Å². The van der Waals surface area contributed by atoms with Crippen molar-refractivity contribution in [1.82, 2.24) is 15.3 Å². The predicted molar refractivity (Wildman–Crippen MR) is 111 cm³/mol. The van der Waals surface area contributed by atoms with Gasteiger partial charge in [0.1, 0.15) is 0 Å². The second kappa shape index (κ2) is 7.10. The van der Waals surface area contributed by atoms with Crippen molar-refractivity contribution in [2.45, 2.75) is 52.1 Å². The van der Waals surface area contributed by atoms with Crippen LogP contribution in [0.5, 0.6) is 0 Å². The van der Waals surface area contributed by atoms with Crippen LogP contribution in [-0.4, -0.2) is 34.3 Å². The average molecular weight is 364 g/mol. The summed E-state index contributed by atoms with van der Waals surface area (Å²) in [7, 11) is 0. The normalized spacial score (nSPS) is 20.5. The number of aliphatic hydroxyl groups is 1. The molecule has 1 fully saturated rings. The van der Waals surface area contributed by atoms with Crippen LogP contribution in [-0.2, 0) is 0 Å². The molecule has 0 radical (unpaired) electrons. The summed E-state index contributed by atoms with van der Waals surface area (Å²) in [5.41, 5.74) is 8.22. The van der Waals surface area contributed by atoms with E-state index in [1.807, 2.05) is 13.8 Å². The molecule has 0 spiro atoms. The number of rotatable bonds is 3. The molecule has 142 valence electrons. The van der Waals surface area contributed by atoms with Crippen molar-refractivity contribution >= 4 is 10.9 Å². The lowest BCUT2D eigenvalue weighted by Gasteiger charge is -2.28. The average Bonchev–Trinajstić information content (AvgIpc) is 3.00. The van der Waals surface area contributed by atoms with Gasteiger partial charge in [-0.1, -0.05) is 19.9 Å². The first kappa shape index (κ1) is 18.2. The number of β-amino-alcohol motifs (C(OH)–C–C–N with tert-alkyl or cyclic N) is 1. The Labute approximate surface area is 161 Å². The zero-order chi connectivity index (χ0) is 19.1. The zero-order valence-electron chi connectivity index (χ0n) is 16.6. The number of aromatic amines is 1. The zero-order valence-corrected chi connectivity index (χ0v) is 16.6. The first-order valence-electron chi connectivity index (χ1n) is 9.94. The highest BCUT2D eigenvalue weighted by atomic mass is 16.3. The van der Waals surface area contributed by atoms with E-state index in [9.17, 15) is 5.11 Å². The number of aryl methyl sites for hydroxylation is 2. The number of benzene rings is 1. The van der Waals surface area contributed by atoms with Crippen LogP contribution in [0, 0.1) is 13.8 Å². The number of hydrogen-bond acceptors (Lipinski definition) is 3. The third-order valence-electron chi connectivity index (χ3n) is 5.69. The Bertz CT molecular complexity index is 953. The molecular weight excluding hydrogens is 334 g/mol. The first-order valence-corrected chi connectivity index (χ1v) is 9.94. The minimum absolute atomic E-state index is 0.208. The van der Waals surface area contributed by atoms with Gasteiger partial charge in [-0.15, -0.1) is 0 Å². The quantitative estimate of drug-likeness (QED) is 0.646. The number of nitrogens with zero attached hydrogens (tertiary/aromatic N) is 1. The first-order chi connectivity index (χ1) is 12.9. The van der Waals surface area contributed by atoms with Gasteiger partial charge in [0.25, 0.3) is 0 Å². The van der Waals surface area contributed by atoms with Crippen LogP contribution in [0.1, 0.15) is 54.6 Å². The SMILES string of the molecule is Cc1cc(-c2[nH]c3ccc([C@@H]4CCNC[C@H]4O)cc3c2C(C)C)cc(C)n1. The second-order valence-electron chi connectivity index (χ2n) is 8.18. The monoisotopic (exact) mass is 363 g/mol. The number of aliphatic hydroxyl groups excluding tert-OH is 1. The summed E-state index contributed by atoms with van der Waals surface area (Å²) in [5.74, 6) is 0.607. The van der Waals surface area contributed by atoms with Crippen LogP contribution in [0.4, 0.5) is 0 Å². The molecule has 27 heavy (non-hydrogen) atoms. The van der Waals surface area contributed by atoms with Gasteiger partial charge in [-0.25, -0.2) is 0 Å². The summed E-state index contributed by atoms with van der Waals surface area (Å²) in [5, 5.41) is 15.0. The summed E-state index contributed by atoms with van der Waals surface area (Å²) in [6.07, 6.45) is 0.659. The molecule has 0 amide bonds. The van der Waals surface area contributed by atoms with Gasteiger partial charge in [0, 0.05) is 40.3 Å². The van der Waals surface area contributed by atoms with Gasteiger partial charge in [0.2, 0.25) is 0 Å². The fraction of sp³-hybridized carbons (Fsp3) is 0.435. The molecular formula is C23H29N3O. The summed E-state index contributed by atoms with van der Waals surface area (Å²) >= 11 is 0. The molecule has 1 aliphatic heterocycles. The summed E-state index contributed by atoms with van der Waals surface area (Å²) in [4.78, 5) is 8.18.